The van der Waals surface area contributed by atoms with Crippen LogP contribution in [0.3, 0.4) is 0 Å². The normalized spacial score (nSPS) is 13.4. The van der Waals surface area contributed by atoms with Gasteiger partial charge in [0, 0.05) is 36.8 Å². The van der Waals surface area contributed by atoms with Crippen LogP contribution in [0.5, 0.6) is 0 Å². The zero-order valence-electron chi connectivity index (χ0n) is 15.9. The molecule has 7 nitrogen and oxygen atoms in total. The Hall–Kier alpha value is -2.70. The van der Waals surface area contributed by atoms with Crippen LogP contribution in [-0.4, -0.2) is 27.4 Å². The summed E-state index contributed by atoms with van der Waals surface area (Å²) in [6, 6.07) is 3.16. The summed E-state index contributed by atoms with van der Waals surface area (Å²) in [6.07, 6.45) is 5.02. The first-order valence-corrected chi connectivity index (χ1v) is 9.55. The van der Waals surface area contributed by atoms with E-state index in [4.69, 9.17) is 0 Å². The number of hydrogen-bond acceptors (Lipinski definition) is 4. The number of nitrogens with zero attached hydrogens (tertiary/aromatic N) is 1. The maximum Gasteiger partial charge on any atom is 0.261 e. The molecule has 0 unspecified atom stereocenters. The summed E-state index contributed by atoms with van der Waals surface area (Å²) >= 11 is 0. The number of carbonyl (C=O) groups excluding carboxylic acids is 1. The summed E-state index contributed by atoms with van der Waals surface area (Å²) in [4.78, 5) is 46.4. The summed E-state index contributed by atoms with van der Waals surface area (Å²) in [5.74, 6) is 0.653. The average Bonchev–Trinajstić information content (AvgIpc) is 2.60. The number of hydrogen-bond donors (Lipinski definition) is 3. The van der Waals surface area contributed by atoms with Crippen LogP contribution in [0.25, 0.3) is 0 Å². The Kier molecular flexibility index (Phi) is 5.88. The Balaban J connectivity index is 1.64. The molecule has 0 bridgehead atoms. The molecule has 0 radical (unpaired) electrons. The summed E-state index contributed by atoms with van der Waals surface area (Å²) in [5, 5.41) is 2.76. The highest BCUT2D eigenvalue weighted by atomic mass is 16.2. The Morgan fingerprint density at radius 3 is 2.74 bits per heavy atom. The van der Waals surface area contributed by atoms with Gasteiger partial charge in [-0.15, -0.1) is 0 Å². The lowest BCUT2D eigenvalue weighted by Gasteiger charge is -2.15. The van der Waals surface area contributed by atoms with E-state index < -0.39 is 5.91 Å². The van der Waals surface area contributed by atoms with Crippen molar-refractivity contribution in [2.24, 2.45) is 5.92 Å². The molecule has 1 aliphatic rings. The maximum absolute atomic E-state index is 12.4. The Morgan fingerprint density at radius 1 is 1.19 bits per heavy atom. The third-order valence-corrected chi connectivity index (χ3v) is 4.69. The first-order chi connectivity index (χ1) is 12.9. The second kappa shape index (κ2) is 8.33. The molecular weight excluding hydrogens is 344 g/mol. The van der Waals surface area contributed by atoms with Gasteiger partial charge in [0.25, 0.3) is 17.0 Å². The van der Waals surface area contributed by atoms with Crippen LogP contribution < -0.4 is 16.4 Å². The number of aromatic nitrogens is 3. The molecule has 1 aliphatic carbocycles. The molecule has 144 valence electrons. The highest BCUT2D eigenvalue weighted by molar-refractivity contribution is 5.94. The Bertz CT molecular complexity index is 943. The van der Waals surface area contributed by atoms with E-state index in [1.165, 1.54) is 6.07 Å². The molecule has 0 aromatic carbocycles. The fraction of sp³-hybridized carbons (Fsp3) is 0.500. The summed E-state index contributed by atoms with van der Waals surface area (Å²) in [6.45, 7) is 4.43. The van der Waals surface area contributed by atoms with E-state index in [1.807, 2.05) is 0 Å². The van der Waals surface area contributed by atoms with Gasteiger partial charge in [0.05, 0.1) is 0 Å². The van der Waals surface area contributed by atoms with Crippen molar-refractivity contribution in [1.82, 2.24) is 20.3 Å². The van der Waals surface area contributed by atoms with Gasteiger partial charge in [-0.25, -0.2) is 4.98 Å². The number of H-pyrrole nitrogens is 2. The molecule has 2 heterocycles. The van der Waals surface area contributed by atoms with E-state index in [0.29, 0.717) is 36.8 Å². The fourth-order valence-electron chi connectivity index (χ4n) is 3.42. The zero-order valence-corrected chi connectivity index (χ0v) is 15.9. The third kappa shape index (κ3) is 4.93. The van der Waals surface area contributed by atoms with Crippen LogP contribution >= 0.6 is 0 Å². The Labute approximate surface area is 157 Å². The largest absolute Gasteiger partial charge is 0.351 e. The molecule has 2 aromatic rings. The van der Waals surface area contributed by atoms with Gasteiger partial charge in [-0.05, 0) is 43.2 Å². The number of carbonyl (C=O) groups is 1. The van der Waals surface area contributed by atoms with Crippen LogP contribution in [0.1, 0.15) is 59.8 Å². The molecule has 3 N–H and O–H groups in total. The molecule has 1 amide bonds. The lowest BCUT2D eigenvalue weighted by atomic mass is 9.95. The predicted molar refractivity (Wildman–Crippen MR) is 103 cm³/mol. The zero-order chi connectivity index (χ0) is 19.4. The van der Waals surface area contributed by atoms with Gasteiger partial charge >= 0.3 is 0 Å². The van der Waals surface area contributed by atoms with Gasteiger partial charge in [-0.2, -0.15) is 0 Å². The van der Waals surface area contributed by atoms with E-state index in [2.05, 4.69) is 34.1 Å². The number of rotatable bonds is 6. The first-order valence-electron chi connectivity index (χ1n) is 9.55. The minimum Gasteiger partial charge on any atom is -0.351 e. The van der Waals surface area contributed by atoms with E-state index in [1.54, 1.807) is 6.07 Å². The quantitative estimate of drug-likeness (QED) is 0.716. The predicted octanol–water partition coefficient (Wildman–Crippen LogP) is 1.51. The smallest absolute Gasteiger partial charge is 0.261 e. The number of amides is 1. The minimum absolute atomic E-state index is 0.148. The van der Waals surface area contributed by atoms with Crippen molar-refractivity contribution in [1.29, 1.82) is 0 Å². The topological polar surface area (TPSA) is 108 Å². The lowest BCUT2D eigenvalue weighted by Crippen LogP contribution is -2.32. The number of aryl methyl sites for hydroxylation is 2. The third-order valence-electron chi connectivity index (χ3n) is 4.69. The summed E-state index contributed by atoms with van der Waals surface area (Å²) in [5.41, 5.74) is 2.26. The van der Waals surface area contributed by atoms with Crippen molar-refractivity contribution in [2.45, 2.75) is 52.4 Å². The number of fused-ring (bicyclic) bond motifs is 1. The molecular formula is C20H26N4O3. The molecule has 0 saturated heterocycles. The van der Waals surface area contributed by atoms with Gasteiger partial charge in [-0.1, -0.05) is 13.8 Å². The molecule has 0 aliphatic heterocycles. The van der Waals surface area contributed by atoms with Crippen molar-refractivity contribution < 1.29 is 4.79 Å². The van der Waals surface area contributed by atoms with Crippen LogP contribution in [0.15, 0.2) is 21.7 Å². The molecule has 27 heavy (non-hydrogen) atoms. The van der Waals surface area contributed by atoms with Crippen LogP contribution in [-0.2, 0) is 25.7 Å². The second-order valence-electron chi connectivity index (χ2n) is 7.51. The van der Waals surface area contributed by atoms with Crippen LogP contribution in [0.4, 0.5) is 0 Å². The average molecular weight is 370 g/mol. The minimum atomic E-state index is -0.392. The van der Waals surface area contributed by atoms with Crippen LogP contribution in [0.2, 0.25) is 0 Å². The van der Waals surface area contributed by atoms with E-state index in [-0.39, 0.29) is 16.7 Å². The molecule has 0 fully saturated rings. The van der Waals surface area contributed by atoms with Crippen molar-refractivity contribution in [3.8, 4) is 0 Å². The molecule has 0 saturated carbocycles. The monoisotopic (exact) mass is 370 g/mol. The van der Waals surface area contributed by atoms with Gasteiger partial charge in [0.2, 0.25) is 0 Å². The first kappa shape index (κ1) is 19.1. The van der Waals surface area contributed by atoms with Gasteiger partial charge in [0.15, 0.2) is 0 Å². The van der Waals surface area contributed by atoms with Crippen molar-refractivity contribution in [3.63, 3.8) is 0 Å². The van der Waals surface area contributed by atoms with E-state index >= 15 is 0 Å². The van der Waals surface area contributed by atoms with Gasteiger partial charge in [-0.3, -0.25) is 14.4 Å². The number of pyridine rings is 1. The SMILES string of the molecule is CC(C)Cc1nc(CCNC(=O)c2cc3c([nH]c2=O)CCCC3)cc(=O)[nH]1. The molecule has 0 spiro atoms. The van der Waals surface area contributed by atoms with Crippen LogP contribution in [0, 0.1) is 5.92 Å². The van der Waals surface area contributed by atoms with Crippen molar-refractivity contribution in [2.75, 3.05) is 6.54 Å². The molecule has 0 atom stereocenters. The highest BCUT2D eigenvalue weighted by Crippen LogP contribution is 2.18. The van der Waals surface area contributed by atoms with Crippen molar-refractivity contribution >= 4 is 5.91 Å². The van der Waals surface area contributed by atoms with Crippen molar-refractivity contribution in [3.05, 3.63) is 61.2 Å². The van der Waals surface area contributed by atoms with Gasteiger partial charge < -0.3 is 15.3 Å². The number of aromatic amines is 2. The fourth-order valence-corrected chi connectivity index (χ4v) is 3.42. The standard InChI is InChI=1S/C20H26N4O3/c1-12(2)9-17-22-14(11-18(25)24-17)7-8-21-19(26)15-10-13-5-3-4-6-16(13)23-20(15)27/h10-12H,3-9H2,1-2H3,(H,21,26)(H,23,27)(H,22,24,25). The summed E-state index contributed by atoms with van der Waals surface area (Å²) in [7, 11) is 0. The second-order valence-corrected chi connectivity index (χ2v) is 7.51. The highest BCUT2D eigenvalue weighted by Gasteiger charge is 2.17. The van der Waals surface area contributed by atoms with Gasteiger partial charge in [0.1, 0.15) is 11.4 Å². The molecule has 2 aromatic heterocycles. The summed E-state index contributed by atoms with van der Waals surface area (Å²) < 4.78 is 0. The maximum atomic E-state index is 12.4. The molecule has 3 rings (SSSR count). The molecule has 7 heteroatoms. The van der Waals surface area contributed by atoms with E-state index in [0.717, 1.165) is 36.9 Å². The number of nitrogens with one attached hydrogen (secondary N) is 3. The Morgan fingerprint density at radius 2 is 1.96 bits per heavy atom. The van der Waals surface area contributed by atoms with E-state index in [9.17, 15) is 14.4 Å². The lowest BCUT2D eigenvalue weighted by molar-refractivity contribution is 0.0952.